The van der Waals surface area contributed by atoms with Gasteiger partial charge in [0, 0.05) is 28.9 Å². The average molecular weight is 448 g/mol. The molecule has 0 bridgehead atoms. The number of hydrogen-bond donors (Lipinski definition) is 3. The lowest BCUT2D eigenvalue weighted by atomic mass is 10.1. The number of hydrogen-bond acceptors (Lipinski definition) is 6. The number of carbonyl (C=O) groups excluding carboxylic acids is 3. The molecule has 168 valence electrons. The molecular formula is C23H20N4O6. The lowest BCUT2D eigenvalue weighted by molar-refractivity contribution is -0.384. The molecule has 10 heteroatoms. The van der Waals surface area contributed by atoms with Crippen molar-refractivity contribution in [2.75, 3.05) is 5.32 Å². The predicted octanol–water partition coefficient (Wildman–Crippen LogP) is 3.08. The Morgan fingerprint density at radius 3 is 2.03 bits per heavy atom. The van der Waals surface area contributed by atoms with Crippen LogP contribution in [0.3, 0.4) is 0 Å². The Labute approximate surface area is 188 Å². The van der Waals surface area contributed by atoms with Crippen LogP contribution in [0.4, 0.5) is 11.4 Å². The molecule has 0 radical (unpaired) electrons. The van der Waals surface area contributed by atoms with Gasteiger partial charge in [-0.15, -0.1) is 0 Å². The molecule has 3 rings (SSSR count). The van der Waals surface area contributed by atoms with Gasteiger partial charge in [-0.1, -0.05) is 18.2 Å². The first-order valence-electron chi connectivity index (χ1n) is 9.81. The van der Waals surface area contributed by atoms with Gasteiger partial charge in [-0.25, -0.2) is 0 Å². The Morgan fingerprint density at radius 2 is 1.42 bits per heavy atom. The maximum atomic E-state index is 12.3. The van der Waals surface area contributed by atoms with Crippen LogP contribution in [-0.2, 0) is 4.79 Å². The van der Waals surface area contributed by atoms with Gasteiger partial charge in [0.15, 0.2) is 6.10 Å². The van der Waals surface area contributed by atoms with E-state index < -0.39 is 22.8 Å². The van der Waals surface area contributed by atoms with Crippen molar-refractivity contribution in [3.63, 3.8) is 0 Å². The minimum absolute atomic E-state index is 0.0997. The summed E-state index contributed by atoms with van der Waals surface area (Å²) in [6.45, 7) is 1.47. The second-order valence-electron chi connectivity index (χ2n) is 6.85. The van der Waals surface area contributed by atoms with Crippen molar-refractivity contribution in [3.8, 4) is 5.75 Å². The standard InChI is InChI=1S/C23H20N4O6/c1-15(33-20-13-11-19(12-14-20)27(31)32)21(28)25-26-23(30)17-7-9-18(10-8-17)24-22(29)16-5-3-2-4-6-16/h2-15H,1H3,(H,24,29)(H,25,28)(H,26,30). The smallest absolute Gasteiger partial charge is 0.279 e. The van der Waals surface area contributed by atoms with Gasteiger partial charge in [0.2, 0.25) is 0 Å². The Hall–Kier alpha value is -4.73. The number of nitrogens with zero attached hydrogens (tertiary/aromatic N) is 1. The van der Waals surface area contributed by atoms with E-state index in [4.69, 9.17) is 4.74 Å². The van der Waals surface area contributed by atoms with E-state index >= 15 is 0 Å². The van der Waals surface area contributed by atoms with E-state index in [0.29, 0.717) is 11.3 Å². The zero-order valence-corrected chi connectivity index (χ0v) is 17.5. The van der Waals surface area contributed by atoms with E-state index in [1.54, 1.807) is 36.4 Å². The molecule has 1 unspecified atom stereocenters. The third-order valence-corrected chi connectivity index (χ3v) is 4.47. The molecule has 0 fully saturated rings. The van der Waals surface area contributed by atoms with Crippen molar-refractivity contribution in [3.05, 3.63) is 100 Å². The molecule has 0 aliphatic rings. The zero-order valence-electron chi connectivity index (χ0n) is 17.5. The first-order valence-corrected chi connectivity index (χ1v) is 9.81. The quantitative estimate of drug-likeness (QED) is 0.375. The van der Waals surface area contributed by atoms with Crippen molar-refractivity contribution in [1.29, 1.82) is 0 Å². The second kappa shape index (κ2) is 10.5. The van der Waals surface area contributed by atoms with Crippen LogP contribution in [0.2, 0.25) is 0 Å². The van der Waals surface area contributed by atoms with Crippen LogP contribution in [0.5, 0.6) is 5.75 Å². The van der Waals surface area contributed by atoms with E-state index in [2.05, 4.69) is 16.2 Å². The maximum Gasteiger partial charge on any atom is 0.279 e. The minimum atomic E-state index is -0.970. The number of non-ortho nitro benzene ring substituents is 1. The van der Waals surface area contributed by atoms with Crippen molar-refractivity contribution >= 4 is 29.1 Å². The summed E-state index contributed by atoms with van der Waals surface area (Å²) in [6.07, 6.45) is -0.970. The predicted molar refractivity (Wildman–Crippen MR) is 120 cm³/mol. The van der Waals surface area contributed by atoms with Crippen LogP contribution in [0.15, 0.2) is 78.9 Å². The summed E-state index contributed by atoms with van der Waals surface area (Å²) in [7, 11) is 0. The molecule has 0 aliphatic carbocycles. The molecule has 3 N–H and O–H groups in total. The van der Waals surface area contributed by atoms with Crippen molar-refractivity contribution in [1.82, 2.24) is 10.9 Å². The number of carbonyl (C=O) groups is 3. The summed E-state index contributed by atoms with van der Waals surface area (Å²) in [4.78, 5) is 46.7. The minimum Gasteiger partial charge on any atom is -0.481 e. The Balaban J connectivity index is 1.48. The zero-order chi connectivity index (χ0) is 23.8. The van der Waals surface area contributed by atoms with Gasteiger partial charge in [-0.05, 0) is 55.5 Å². The maximum absolute atomic E-state index is 12.3. The van der Waals surface area contributed by atoms with Crippen molar-refractivity contribution < 1.29 is 24.0 Å². The normalized spacial score (nSPS) is 11.1. The largest absolute Gasteiger partial charge is 0.481 e. The lowest BCUT2D eigenvalue weighted by Crippen LogP contribution is -2.47. The summed E-state index contributed by atoms with van der Waals surface area (Å²) < 4.78 is 5.41. The summed E-state index contributed by atoms with van der Waals surface area (Å²) in [5.74, 6) is -1.19. The topological polar surface area (TPSA) is 140 Å². The number of benzene rings is 3. The summed E-state index contributed by atoms with van der Waals surface area (Å²) in [6, 6.07) is 20.1. The van der Waals surface area contributed by atoms with E-state index in [0.717, 1.165) is 0 Å². The number of nitro groups is 1. The number of nitro benzene ring substituents is 1. The van der Waals surface area contributed by atoms with Gasteiger partial charge in [0.05, 0.1) is 4.92 Å². The SMILES string of the molecule is CC(Oc1ccc([N+](=O)[O-])cc1)C(=O)NNC(=O)c1ccc(NC(=O)c2ccccc2)cc1. The molecule has 0 spiro atoms. The van der Waals surface area contributed by atoms with Gasteiger partial charge in [0.1, 0.15) is 5.75 Å². The first-order chi connectivity index (χ1) is 15.8. The van der Waals surface area contributed by atoms with Gasteiger partial charge in [-0.3, -0.25) is 35.3 Å². The van der Waals surface area contributed by atoms with Crippen LogP contribution in [0, 0.1) is 10.1 Å². The van der Waals surface area contributed by atoms with Crippen molar-refractivity contribution in [2.24, 2.45) is 0 Å². The fourth-order valence-electron chi connectivity index (χ4n) is 2.69. The summed E-state index contributed by atoms with van der Waals surface area (Å²) >= 11 is 0. The third-order valence-electron chi connectivity index (χ3n) is 4.47. The number of rotatable bonds is 7. The molecule has 3 aromatic rings. The van der Waals surface area contributed by atoms with E-state index in [1.807, 2.05) is 6.07 Å². The number of hydrazine groups is 1. The molecule has 0 aromatic heterocycles. The molecular weight excluding hydrogens is 428 g/mol. The second-order valence-corrected chi connectivity index (χ2v) is 6.85. The summed E-state index contributed by atoms with van der Waals surface area (Å²) in [5.41, 5.74) is 5.71. The Bertz CT molecular complexity index is 1150. The molecule has 0 saturated carbocycles. The highest BCUT2D eigenvalue weighted by Gasteiger charge is 2.17. The highest BCUT2D eigenvalue weighted by Crippen LogP contribution is 2.18. The first kappa shape index (κ1) is 22.9. The van der Waals surface area contributed by atoms with Gasteiger partial charge in [-0.2, -0.15) is 0 Å². The number of ether oxygens (including phenoxy) is 1. The highest BCUT2D eigenvalue weighted by atomic mass is 16.6. The molecule has 0 saturated heterocycles. The Kier molecular flexibility index (Phi) is 7.32. The fraction of sp³-hybridized carbons (Fsp3) is 0.0870. The van der Waals surface area contributed by atoms with E-state index in [1.165, 1.54) is 43.3 Å². The third kappa shape index (κ3) is 6.37. The highest BCUT2D eigenvalue weighted by molar-refractivity contribution is 6.04. The molecule has 1 atom stereocenters. The van der Waals surface area contributed by atoms with Crippen LogP contribution < -0.4 is 20.9 Å². The number of nitrogens with one attached hydrogen (secondary N) is 3. The molecule has 0 aliphatic heterocycles. The molecule has 3 amide bonds. The molecule has 10 nitrogen and oxygen atoms in total. The van der Waals surface area contributed by atoms with Crippen LogP contribution in [0.1, 0.15) is 27.6 Å². The van der Waals surface area contributed by atoms with E-state index in [-0.39, 0.29) is 22.9 Å². The Morgan fingerprint density at radius 1 is 0.818 bits per heavy atom. The number of amides is 3. The van der Waals surface area contributed by atoms with Crippen LogP contribution in [0.25, 0.3) is 0 Å². The fourth-order valence-corrected chi connectivity index (χ4v) is 2.69. The summed E-state index contributed by atoms with van der Waals surface area (Å²) in [5, 5.41) is 13.4. The van der Waals surface area contributed by atoms with Gasteiger partial charge < -0.3 is 10.1 Å². The van der Waals surface area contributed by atoms with Crippen LogP contribution in [-0.4, -0.2) is 28.7 Å². The van der Waals surface area contributed by atoms with Crippen molar-refractivity contribution in [2.45, 2.75) is 13.0 Å². The monoisotopic (exact) mass is 448 g/mol. The molecule has 0 heterocycles. The molecule has 33 heavy (non-hydrogen) atoms. The average Bonchev–Trinajstić information content (AvgIpc) is 2.83. The molecule has 3 aromatic carbocycles. The van der Waals surface area contributed by atoms with Gasteiger partial charge >= 0.3 is 0 Å². The lowest BCUT2D eigenvalue weighted by Gasteiger charge is -2.15. The van der Waals surface area contributed by atoms with Crippen LogP contribution >= 0.6 is 0 Å². The number of anilines is 1. The van der Waals surface area contributed by atoms with E-state index in [9.17, 15) is 24.5 Å². The van der Waals surface area contributed by atoms with Gasteiger partial charge in [0.25, 0.3) is 23.4 Å².